The zero-order valence-electron chi connectivity index (χ0n) is 20.7. The van der Waals surface area contributed by atoms with Crippen molar-refractivity contribution >= 4 is 28.4 Å². The number of ether oxygens (including phenoxy) is 1. The molecule has 0 radical (unpaired) electrons. The lowest BCUT2D eigenvalue weighted by atomic mass is 9.97. The summed E-state index contributed by atoms with van der Waals surface area (Å²) in [5, 5.41) is 6.36. The van der Waals surface area contributed by atoms with E-state index in [1.165, 1.54) is 6.07 Å². The van der Waals surface area contributed by atoms with Crippen LogP contribution < -0.4 is 15.4 Å². The van der Waals surface area contributed by atoms with E-state index in [-0.39, 0.29) is 11.4 Å². The fourth-order valence-corrected chi connectivity index (χ4v) is 3.85. The number of nitrogens with one attached hydrogen (secondary N) is 2. The second-order valence-corrected chi connectivity index (χ2v) is 8.61. The van der Waals surface area contributed by atoms with Gasteiger partial charge in [-0.05, 0) is 72.5 Å². The Morgan fingerprint density at radius 3 is 2.59 bits per heavy atom. The van der Waals surface area contributed by atoms with E-state index < -0.39 is 17.6 Å². The number of carbonyl (C=O) groups excluding carboxylic acids is 1. The van der Waals surface area contributed by atoms with Crippen LogP contribution in [0.2, 0.25) is 0 Å². The topological polar surface area (TPSA) is 76.1 Å². The molecule has 4 rings (SSSR count). The lowest BCUT2D eigenvalue weighted by Crippen LogP contribution is -2.15. The number of benzene rings is 3. The summed E-state index contributed by atoms with van der Waals surface area (Å²) in [6, 6.07) is 14.0. The number of carbonyl (C=O) groups is 1. The van der Waals surface area contributed by atoms with Gasteiger partial charge in [-0.25, -0.2) is 9.97 Å². The largest absolute Gasteiger partial charge is 0.491 e. The number of nitrogens with zero attached hydrogens (tertiary/aromatic N) is 2. The van der Waals surface area contributed by atoms with E-state index in [0.717, 1.165) is 52.6 Å². The Balaban J connectivity index is 1.65. The number of hydrogen-bond acceptors (Lipinski definition) is 5. The highest BCUT2D eigenvalue weighted by atomic mass is 19.4. The number of fused-ring (bicyclic) bond motifs is 1. The molecule has 0 atom stereocenters. The highest BCUT2D eigenvalue weighted by molar-refractivity contribution is 6.06. The van der Waals surface area contributed by atoms with E-state index in [0.29, 0.717) is 18.1 Å². The highest BCUT2D eigenvalue weighted by Gasteiger charge is 2.31. The molecule has 0 unspecified atom stereocenters. The summed E-state index contributed by atoms with van der Waals surface area (Å²) in [5.41, 5.74) is 2.80. The molecule has 0 aliphatic rings. The first-order valence-corrected chi connectivity index (χ1v) is 11.9. The van der Waals surface area contributed by atoms with Crippen LogP contribution in [0.15, 0.2) is 60.8 Å². The summed E-state index contributed by atoms with van der Waals surface area (Å²) in [6.45, 7) is 4.24. The van der Waals surface area contributed by atoms with Gasteiger partial charge in [0.05, 0.1) is 23.4 Å². The van der Waals surface area contributed by atoms with E-state index in [1.807, 2.05) is 32.0 Å². The Morgan fingerprint density at radius 1 is 1.05 bits per heavy atom. The molecular formula is C28H27F3N4O2. The number of unbranched alkanes of at least 4 members (excludes halogenated alkanes) is 1. The lowest BCUT2D eigenvalue weighted by Gasteiger charge is -2.16. The highest BCUT2D eigenvalue weighted by Crippen LogP contribution is 2.36. The third-order valence-electron chi connectivity index (χ3n) is 5.92. The van der Waals surface area contributed by atoms with Gasteiger partial charge in [-0.1, -0.05) is 25.5 Å². The van der Waals surface area contributed by atoms with Crippen LogP contribution in [-0.4, -0.2) is 29.5 Å². The van der Waals surface area contributed by atoms with Crippen LogP contribution in [-0.2, 0) is 6.18 Å². The first-order chi connectivity index (χ1) is 17.7. The number of rotatable bonds is 8. The van der Waals surface area contributed by atoms with Crippen LogP contribution in [0.4, 0.5) is 24.8 Å². The van der Waals surface area contributed by atoms with Gasteiger partial charge in [0.2, 0.25) is 5.95 Å². The second kappa shape index (κ2) is 10.9. The Hall–Kier alpha value is -4.14. The minimum absolute atomic E-state index is 0.0266. The Kier molecular flexibility index (Phi) is 7.61. The number of hydrogen-bond donors (Lipinski definition) is 2. The Labute approximate surface area is 212 Å². The Bertz CT molecular complexity index is 1440. The fraction of sp³-hybridized carbons (Fsp3) is 0.250. The maximum Gasteiger partial charge on any atom is 0.416 e. The van der Waals surface area contributed by atoms with Crippen molar-refractivity contribution in [2.75, 3.05) is 24.3 Å². The quantitative estimate of drug-likeness (QED) is 0.248. The molecule has 9 heteroatoms. The van der Waals surface area contributed by atoms with Crippen molar-refractivity contribution in [1.82, 2.24) is 9.97 Å². The molecule has 37 heavy (non-hydrogen) atoms. The maximum absolute atomic E-state index is 13.3. The van der Waals surface area contributed by atoms with Gasteiger partial charge in [0.25, 0.3) is 5.91 Å². The molecular weight excluding hydrogens is 481 g/mol. The number of alkyl halides is 3. The molecule has 1 amide bonds. The number of anilines is 2. The van der Waals surface area contributed by atoms with Crippen LogP contribution in [0.25, 0.3) is 22.0 Å². The minimum atomic E-state index is -4.55. The van der Waals surface area contributed by atoms with E-state index in [1.54, 1.807) is 31.4 Å². The summed E-state index contributed by atoms with van der Waals surface area (Å²) >= 11 is 0. The van der Waals surface area contributed by atoms with Gasteiger partial charge < -0.3 is 15.4 Å². The van der Waals surface area contributed by atoms with Crippen molar-refractivity contribution in [3.05, 3.63) is 77.5 Å². The Morgan fingerprint density at radius 2 is 1.86 bits per heavy atom. The van der Waals surface area contributed by atoms with Crippen LogP contribution >= 0.6 is 0 Å². The monoisotopic (exact) mass is 508 g/mol. The third kappa shape index (κ3) is 5.99. The molecule has 0 bridgehead atoms. The SMILES string of the molecule is CCCCOc1ccc(C(F)(F)F)cc1NC(=O)c1ccc(C)c(-c2ccc3nc(NC)ncc3c2)c1. The smallest absolute Gasteiger partial charge is 0.416 e. The first kappa shape index (κ1) is 25.9. The fourth-order valence-electron chi connectivity index (χ4n) is 3.85. The average Bonchev–Trinajstić information content (AvgIpc) is 2.88. The number of aryl methyl sites for hydroxylation is 1. The zero-order valence-corrected chi connectivity index (χ0v) is 20.7. The van der Waals surface area contributed by atoms with Crippen molar-refractivity contribution in [1.29, 1.82) is 0 Å². The van der Waals surface area contributed by atoms with Gasteiger partial charge in [0.1, 0.15) is 5.75 Å². The molecule has 4 aromatic rings. The summed E-state index contributed by atoms with van der Waals surface area (Å²) in [4.78, 5) is 21.8. The summed E-state index contributed by atoms with van der Waals surface area (Å²) < 4.78 is 45.7. The molecule has 0 spiro atoms. The molecule has 6 nitrogen and oxygen atoms in total. The van der Waals surface area contributed by atoms with E-state index in [9.17, 15) is 18.0 Å². The second-order valence-electron chi connectivity index (χ2n) is 8.61. The summed E-state index contributed by atoms with van der Waals surface area (Å²) in [6.07, 6.45) is -1.22. The number of halogens is 3. The molecule has 3 aromatic carbocycles. The van der Waals surface area contributed by atoms with Gasteiger partial charge in [0.15, 0.2) is 0 Å². The van der Waals surface area contributed by atoms with Gasteiger partial charge >= 0.3 is 6.18 Å². The predicted molar refractivity (Wildman–Crippen MR) is 139 cm³/mol. The number of amides is 1. The van der Waals surface area contributed by atoms with Gasteiger partial charge in [-0.3, -0.25) is 4.79 Å². The molecule has 192 valence electrons. The van der Waals surface area contributed by atoms with Gasteiger partial charge in [-0.15, -0.1) is 0 Å². The molecule has 1 heterocycles. The molecule has 0 aliphatic heterocycles. The first-order valence-electron chi connectivity index (χ1n) is 11.9. The van der Waals surface area contributed by atoms with Crippen molar-refractivity contribution < 1.29 is 22.7 Å². The normalized spacial score (nSPS) is 11.4. The third-order valence-corrected chi connectivity index (χ3v) is 5.92. The molecule has 1 aromatic heterocycles. The van der Waals surface area contributed by atoms with Crippen LogP contribution in [0.3, 0.4) is 0 Å². The van der Waals surface area contributed by atoms with E-state index in [2.05, 4.69) is 20.6 Å². The molecule has 0 saturated carbocycles. The van der Waals surface area contributed by atoms with Gasteiger partial charge in [0, 0.05) is 24.2 Å². The van der Waals surface area contributed by atoms with Gasteiger partial charge in [-0.2, -0.15) is 13.2 Å². The van der Waals surface area contributed by atoms with Crippen LogP contribution in [0.1, 0.15) is 41.3 Å². The number of aromatic nitrogens is 2. The maximum atomic E-state index is 13.3. The van der Waals surface area contributed by atoms with Crippen molar-refractivity contribution in [2.24, 2.45) is 0 Å². The van der Waals surface area contributed by atoms with E-state index >= 15 is 0 Å². The van der Waals surface area contributed by atoms with Crippen molar-refractivity contribution in [3.63, 3.8) is 0 Å². The summed E-state index contributed by atoms with van der Waals surface area (Å²) in [5.74, 6) is 0.170. The van der Waals surface area contributed by atoms with Crippen molar-refractivity contribution in [3.8, 4) is 16.9 Å². The standard InChI is InChI=1S/C28H27F3N4O2/c1-4-5-12-37-25-11-9-21(28(29,30)31)15-24(25)34-26(36)19-7-6-17(2)22(14-19)18-8-10-23-20(13-18)16-33-27(32-3)35-23/h6-11,13-16H,4-5,12H2,1-3H3,(H,34,36)(H,32,33,35). The molecule has 2 N–H and O–H groups in total. The van der Waals surface area contributed by atoms with Crippen LogP contribution in [0, 0.1) is 6.92 Å². The zero-order chi connectivity index (χ0) is 26.6. The predicted octanol–water partition coefficient (Wildman–Crippen LogP) is 7.10. The molecule has 0 saturated heterocycles. The lowest BCUT2D eigenvalue weighted by molar-refractivity contribution is -0.137. The summed E-state index contributed by atoms with van der Waals surface area (Å²) in [7, 11) is 1.75. The van der Waals surface area contributed by atoms with Crippen molar-refractivity contribution in [2.45, 2.75) is 32.9 Å². The minimum Gasteiger partial charge on any atom is -0.491 e. The van der Waals surface area contributed by atoms with Crippen LogP contribution in [0.5, 0.6) is 5.75 Å². The van der Waals surface area contributed by atoms with E-state index in [4.69, 9.17) is 4.74 Å². The molecule has 0 aliphatic carbocycles. The molecule has 0 fully saturated rings. The average molecular weight is 509 g/mol.